The fraction of sp³-hybridized carbons (Fsp3) is 0.733. The second-order valence-electron chi connectivity index (χ2n) is 5.52. The van der Waals surface area contributed by atoms with E-state index in [1.54, 1.807) is 0 Å². The molecule has 112 valence electrons. The molecule has 1 heterocycles. The van der Waals surface area contributed by atoms with Gasteiger partial charge in [0.15, 0.2) is 0 Å². The summed E-state index contributed by atoms with van der Waals surface area (Å²) in [6.45, 7) is 8.30. The summed E-state index contributed by atoms with van der Waals surface area (Å²) < 4.78 is 0. The van der Waals surface area contributed by atoms with E-state index in [1.807, 2.05) is 6.07 Å². The minimum absolute atomic E-state index is 0.581. The summed E-state index contributed by atoms with van der Waals surface area (Å²) in [5.74, 6) is 3.48. The third-order valence-electron chi connectivity index (χ3n) is 3.58. The van der Waals surface area contributed by atoms with E-state index in [0.717, 1.165) is 50.1 Å². The van der Waals surface area contributed by atoms with Crippen molar-refractivity contribution >= 4 is 11.6 Å². The molecule has 1 aliphatic rings. The van der Waals surface area contributed by atoms with Gasteiger partial charge >= 0.3 is 0 Å². The van der Waals surface area contributed by atoms with E-state index in [4.69, 9.17) is 0 Å². The Kier molecular flexibility index (Phi) is 5.59. The van der Waals surface area contributed by atoms with Gasteiger partial charge in [-0.1, -0.05) is 13.8 Å². The maximum absolute atomic E-state index is 4.65. The lowest BCUT2D eigenvalue weighted by Crippen LogP contribution is -2.25. The van der Waals surface area contributed by atoms with Crippen LogP contribution in [0.4, 0.5) is 11.6 Å². The number of aromatic nitrogens is 2. The van der Waals surface area contributed by atoms with E-state index in [-0.39, 0.29) is 0 Å². The van der Waals surface area contributed by atoms with Crippen molar-refractivity contribution in [3.8, 4) is 0 Å². The molecule has 5 heteroatoms. The predicted molar refractivity (Wildman–Crippen MR) is 84.4 cm³/mol. The van der Waals surface area contributed by atoms with E-state index in [2.05, 4.69) is 46.4 Å². The third-order valence-corrected chi connectivity index (χ3v) is 3.58. The zero-order chi connectivity index (χ0) is 14.4. The van der Waals surface area contributed by atoms with Gasteiger partial charge in [-0.2, -0.15) is 0 Å². The monoisotopic (exact) mass is 277 g/mol. The first-order chi connectivity index (χ1) is 9.72. The number of hydrogen-bond donors (Lipinski definition) is 2. The van der Waals surface area contributed by atoms with E-state index in [0.29, 0.717) is 5.92 Å². The maximum atomic E-state index is 4.65. The van der Waals surface area contributed by atoms with Crippen LogP contribution in [0.15, 0.2) is 6.07 Å². The van der Waals surface area contributed by atoms with Crippen molar-refractivity contribution in [1.82, 2.24) is 14.9 Å². The molecule has 1 saturated carbocycles. The normalized spacial score (nSPS) is 14.6. The number of hydrogen-bond acceptors (Lipinski definition) is 5. The van der Waals surface area contributed by atoms with Gasteiger partial charge in [-0.05, 0) is 32.9 Å². The number of likely N-dealkylation sites (N-methyl/N-ethyl adjacent to an activating group) is 1. The minimum Gasteiger partial charge on any atom is -0.370 e. The topological polar surface area (TPSA) is 53.1 Å². The number of anilines is 2. The molecule has 0 atom stereocenters. The quantitative estimate of drug-likeness (QED) is 0.726. The van der Waals surface area contributed by atoms with Gasteiger partial charge in [0.2, 0.25) is 0 Å². The lowest BCUT2D eigenvalue weighted by molar-refractivity contribution is 0.367. The van der Waals surface area contributed by atoms with E-state index in [9.17, 15) is 0 Å². The molecule has 2 N–H and O–H groups in total. The molecule has 2 rings (SSSR count). The Hall–Kier alpha value is -1.36. The van der Waals surface area contributed by atoms with Crippen LogP contribution in [0.5, 0.6) is 0 Å². The van der Waals surface area contributed by atoms with E-state index < -0.39 is 0 Å². The summed E-state index contributed by atoms with van der Waals surface area (Å²) in [5, 5.41) is 6.78. The zero-order valence-corrected chi connectivity index (χ0v) is 12.9. The molecule has 1 aromatic heterocycles. The summed E-state index contributed by atoms with van der Waals surface area (Å²) >= 11 is 0. The minimum atomic E-state index is 0.581. The maximum Gasteiger partial charge on any atom is 0.136 e. The van der Waals surface area contributed by atoms with E-state index in [1.165, 1.54) is 12.8 Å². The molecule has 0 saturated heterocycles. The van der Waals surface area contributed by atoms with Crippen molar-refractivity contribution in [2.45, 2.75) is 39.0 Å². The Labute approximate surface area is 122 Å². The fourth-order valence-corrected chi connectivity index (χ4v) is 1.96. The molecule has 20 heavy (non-hydrogen) atoms. The van der Waals surface area contributed by atoms with Crippen molar-refractivity contribution in [1.29, 1.82) is 0 Å². The van der Waals surface area contributed by atoms with Crippen molar-refractivity contribution < 1.29 is 0 Å². The Bertz CT molecular complexity index is 417. The van der Waals surface area contributed by atoms with Gasteiger partial charge in [-0.25, -0.2) is 9.97 Å². The molecule has 0 amide bonds. The van der Waals surface area contributed by atoms with Gasteiger partial charge in [0, 0.05) is 31.6 Å². The molecule has 0 aliphatic heterocycles. The first-order valence-electron chi connectivity index (χ1n) is 7.78. The van der Waals surface area contributed by atoms with Gasteiger partial charge in [-0.15, -0.1) is 0 Å². The smallest absolute Gasteiger partial charge is 0.136 e. The summed E-state index contributed by atoms with van der Waals surface area (Å²) in [6.07, 6.45) is 3.57. The largest absolute Gasteiger partial charge is 0.370 e. The first kappa shape index (κ1) is 15.0. The predicted octanol–water partition coefficient (Wildman–Crippen LogP) is 2.54. The van der Waals surface area contributed by atoms with Gasteiger partial charge in [0.1, 0.15) is 17.5 Å². The van der Waals surface area contributed by atoms with E-state index >= 15 is 0 Å². The number of nitrogens with zero attached hydrogens (tertiary/aromatic N) is 3. The SMILES string of the molecule is CCCNc1cc(NCCN(C)CC)nc(C2CC2)n1. The standard InChI is InChI=1S/C15H27N5/c1-4-8-16-13-11-14(17-9-10-20(3)5-2)19-15(18-13)12-6-7-12/h11-12H,4-10H2,1-3H3,(H2,16,17,18,19). The van der Waals surface area contributed by atoms with Gasteiger partial charge in [0.25, 0.3) is 0 Å². The molecule has 0 radical (unpaired) electrons. The summed E-state index contributed by atoms with van der Waals surface area (Å²) in [5.41, 5.74) is 0. The second-order valence-corrected chi connectivity index (χ2v) is 5.52. The molecule has 1 fully saturated rings. The molecule has 1 aliphatic carbocycles. The van der Waals surface area contributed by atoms with Crippen LogP contribution in [0.3, 0.4) is 0 Å². The molecule has 5 nitrogen and oxygen atoms in total. The van der Waals surface area contributed by atoms with Crippen molar-refractivity contribution in [2.75, 3.05) is 43.9 Å². The van der Waals surface area contributed by atoms with Crippen LogP contribution in [0.1, 0.15) is 44.9 Å². The third kappa shape index (κ3) is 4.63. The Morgan fingerprint density at radius 2 is 1.80 bits per heavy atom. The highest BCUT2D eigenvalue weighted by atomic mass is 15.1. The highest BCUT2D eigenvalue weighted by Gasteiger charge is 2.27. The Morgan fingerprint density at radius 3 is 2.35 bits per heavy atom. The first-order valence-corrected chi connectivity index (χ1v) is 7.78. The molecular weight excluding hydrogens is 250 g/mol. The summed E-state index contributed by atoms with van der Waals surface area (Å²) in [7, 11) is 2.13. The number of rotatable bonds is 9. The lowest BCUT2D eigenvalue weighted by Gasteiger charge is -2.15. The Balaban J connectivity index is 1.96. The average Bonchev–Trinajstić information content (AvgIpc) is 3.29. The van der Waals surface area contributed by atoms with Crippen LogP contribution in [0.2, 0.25) is 0 Å². The average molecular weight is 277 g/mol. The number of nitrogens with one attached hydrogen (secondary N) is 2. The van der Waals surface area contributed by atoms with Crippen molar-refractivity contribution in [3.63, 3.8) is 0 Å². The molecule has 0 unspecified atom stereocenters. The van der Waals surface area contributed by atoms with Crippen LogP contribution in [0, 0.1) is 0 Å². The summed E-state index contributed by atoms with van der Waals surface area (Å²) in [4.78, 5) is 11.5. The highest BCUT2D eigenvalue weighted by molar-refractivity contribution is 5.48. The Morgan fingerprint density at radius 1 is 1.15 bits per heavy atom. The van der Waals surface area contributed by atoms with Crippen LogP contribution in [0.25, 0.3) is 0 Å². The molecule has 0 spiro atoms. The molecular formula is C15H27N5. The highest BCUT2D eigenvalue weighted by Crippen LogP contribution is 2.38. The van der Waals surface area contributed by atoms with Crippen LogP contribution in [-0.2, 0) is 0 Å². The van der Waals surface area contributed by atoms with Crippen molar-refractivity contribution in [2.24, 2.45) is 0 Å². The van der Waals surface area contributed by atoms with Crippen LogP contribution < -0.4 is 10.6 Å². The fourth-order valence-electron chi connectivity index (χ4n) is 1.96. The molecule has 0 bridgehead atoms. The van der Waals surface area contributed by atoms with Crippen LogP contribution in [-0.4, -0.2) is 48.1 Å². The van der Waals surface area contributed by atoms with Gasteiger partial charge in [-0.3, -0.25) is 0 Å². The molecule has 0 aromatic carbocycles. The zero-order valence-electron chi connectivity index (χ0n) is 12.9. The summed E-state index contributed by atoms with van der Waals surface area (Å²) in [6, 6.07) is 2.02. The van der Waals surface area contributed by atoms with Crippen LogP contribution >= 0.6 is 0 Å². The van der Waals surface area contributed by atoms with Gasteiger partial charge < -0.3 is 15.5 Å². The van der Waals surface area contributed by atoms with Gasteiger partial charge in [0.05, 0.1) is 0 Å². The lowest BCUT2D eigenvalue weighted by atomic mass is 10.3. The van der Waals surface area contributed by atoms with Crippen molar-refractivity contribution in [3.05, 3.63) is 11.9 Å². The molecule has 1 aromatic rings. The second kappa shape index (κ2) is 7.43.